The maximum Gasteiger partial charge on any atom is 0.384 e. The molecule has 0 unspecified atom stereocenters. The zero-order valence-corrected chi connectivity index (χ0v) is 8.40. The molecule has 0 saturated carbocycles. The lowest BCUT2D eigenvalue weighted by atomic mass is 10.3. The highest BCUT2D eigenvalue weighted by atomic mass is 19.3. The van der Waals surface area contributed by atoms with Crippen LogP contribution in [-0.2, 0) is 9.47 Å². The van der Waals surface area contributed by atoms with Crippen LogP contribution in [0.2, 0.25) is 0 Å². The van der Waals surface area contributed by atoms with E-state index in [1.807, 2.05) is 0 Å². The summed E-state index contributed by atoms with van der Waals surface area (Å²) in [7, 11) is 0. The van der Waals surface area contributed by atoms with Gasteiger partial charge in [0.15, 0.2) is 6.67 Å². The summed E-state index contributed by atoms with van der Waals surface area (Å²) in [6.45, 7) is 0.620. The van der Waals surface area contributed by atoms with Crippen molar-refractivity contribution in [2.24, 2.45) is 0 Å². The molecule has 5 heteroatoms. The molecule has 0 aromatic rings. The lowest BCUT2D eigenvalue weighted by Crippen LogP contribution is -2.25. The summed E-state index contributed by atoms with van der Waals surface area (Å²) in [5, 5.41) is 0. The molecule has 0 bridgehead atoms. The van der Waals surface area contributed by atoms with Gasteiger partial charge in [0.25, 0.3) is 0 Å². The van der Waals surface area contributed by atoms with Gasteiger partial charge in [0, 0.05) is 6.61 Å². The first-order valence-corrected chi connectivity index (χ1v) is 4.78. The predicted octanol–water partition coefficient (Wildman–Crippen LogP) is 2.77. The maximum atomic E-state index is 12.1. The van der Waals surface area contributed by atoms with Gasteiger partial charge in [-0.1, -0.05) is 19.8 Å². The molecule has 0 spiro atoms. The van der Waals surface area contributed by atoms with Gasteiger partial charge < -0.3 is 9.47 Å². The standard InChI is InChI=1S/C9H17F3O2/c1-2-3-4-5-13-6-7-14-9(11,12)8-10/h2-8H2,1H3. The molecule has 0 aliphatic heterocycles. The van der Waals surface area contributed by atoms with Crippen LogP contribution in [0.15, 0.2) is 0 Å². The molecule has 0 rings (SSSR count). The fourth-order valence-corrected chi connectivity index (χ4v) is 0.845. The fourth-order valence-electron chi connectivity index (χ4n) is 0.845. The fraction of sp³-hybridized carbons (Fsp3) is 1.00. The lowest BCUT2D eigenvalue weighted by molar-refractivity contribution is -0.250. The Morgan fingerprint density at radius 2 is 1.79 bits per heavy atom. The highest BCUT2D eigenvalue weighted by molar-refractivity contribution is 4.47. The van der Waals surface area contributed by atoms with Crippen LogP contribution < -0.4 is 0 Å². The molecule has 0 aromatic carbocycles. The van der Waals surface area contributed by atoms with E-state index in [1.54, 1.807) is 0 Å². The normalized spacial score (nSPS) is 12.0. The Bertz CT molecular complexity index is 131. The second kappa shape index (κ2) is 8.05. The third kappa shape index (κ3) is 8.31. The molecule has 86 valence electrons. The Hall–Kier alpha value is -0.290. The first kappa shape index (κ1) is 13.7. The largest absolute Gasteiger partial charge is 0.384 e. The molecule has 0 aromatic heterocycles. The Labute approximate surface area is 82.4 Å². The highest BCUT2D eigenvalue weighted by Crippen LogP contribution is 2.14. The van der Waals surface area contributed by atoms with Gasteiger partial charge in [-0.15, -0.1) is 0 Å². The van der Waals surface area contributed by atoms with Gasteiger partial charge in [-0.25, -0.2) is 4.39 Å². The van der Waals surface area contributed by atoms with E-state index in [0.29, 0.717) is 6.61 Å². The summed E-state index contributed by atoms with van der Waals surface area (Å²) < 4.78 is 44.7. The predicted molar refractivity (Wildman–Crippen MR) is 47.2 cm³/mol. The zero-order valence-electron chi connectivity index (χ0n) is 8.40. The average Bonchev–Trinajstić information content (AvgIpc) is 2.16. The van der Waals surface area contributed by atoms with Crippen molar-refractivity contribution in [3.8, 4) is 0 Å². The van der Waals surface area contributed by atoms with E-state index in [2.05, 4.69) is 11.7 Å². The smallest absolute Gasteiger partial charge is 0.379 e. The molecule has 0 amide bonds. The van der Waals surface area contributed by atoms with Gasteiger partial charge in [0.05, 0.1) is 13.2 Å². The average molecular weight is 214 g/mol. The van der Waals surface area contributed by atoms with Crippen LogP contribution in [0.5, 0.6) is 0 Å². The van der Waals surface area contributed by atoms with Gasteiger partial charge in [-0.3, -0.25) is 0 Å². The first-order valence-electron chi connectivity index (χ1n) is 4.78. The van der Waals surface area contributed by atoms with Crippen molar-refractivity contribution in [1.29, 1.82) is 0 Å². The monoisotopic (exact) mass is 214 g/mol. The van der Waals surface area contributed by atoms with E-state index >= 15 is 0 Å². The summed E-state index contributed by atoms with van der Waals surface area (Å²) in [5.74, 6) is 0. The summed E-state index contributed by atoms with van der Waals surface area (Å²) in [6.07, 6.45) is -0.607. The van der Waals surface area contributed by atoms with E-state index in [0.717, 1.165) is 19.3 Å². The maximum absolute atomic E-state index is 12.1. The van der Waals surface area contributed by atoms with Crippen molar-refractivity contribution >= 4 is 0 Å². The van der Waals surface area contributed by atoms with Crippen LogP contribution in [0.3, 0.4) is 0 Å². The number of unbranched alkanes of at least 4 members (excludes halogenated alkanes) is 2. The summed E-state index contributed by atoms with van der Waals surface area (Å²) in [6, 6.07) is 0. The van der Waals surface area contributed by atoms with Crippen LogP contribution in [0.1, 0.15) is 26.2 Å². The number of halogens is 3. The number of alkyl halides is 3. The van der Waals surface area contributed by atoms with Gasteiger partial charge in [0.1, 0.15) is 0 Å². The molecule has 0 atom stereocenters. The SMILES string of the molecule is CCCCCOCCOC(F)(F)CF. The topological polar surface area (TPSA) is 18.5 Å². The minimum absolute atomic E-state index is 0.0826. The van der Waals surface area contributed by atoms with Gasteiger partial charge in [0.2, 0.25) is 0 Å². The van der Waals surface area contributed by atoms with E-state index in [4.69, 9.17) is 4.74 Å². The summed E-state index contributed by atoms with van der Waals surface area (Å²) >= 11 is 0. The Morgan fingerprint density at radius 3 is 2.36 bits per heavy atom. The van der Waals surface area contributed by atoms with Crippen molar-refractivity contribution < 1.29 is 22.6 Å². The third-order valence-corrected chi connectivity index (χ3v) is 1.59. The number of hydrogen-bond donors (Lipinski definition) is 0. The van der Waals surface area contributed by atoms with Crippen molar-refractivity contribution in [2.75, 3.05) is 26.5 Å². The van der Waals surface area contributed by atoms with Gasteiger partial charge in [-0.2, -0.15) is 8.78 Å². The van der Waals surface area contributed by atoms with Crippen LogP contribution in [0.4, 0.5) is 13.2 Å². The Balaban J connectivity index is 3.13. The quantitative estimate of drug-likeness (QED) is 0.549. The minimum atomic E-state index is -3.66. The van der Waals surface area contributed by atoms with Crippen molar-refractivity contribution in [2.45, 2.75) is 32.3 Å². The highest BCUT2D eigenvalue weighted by Gasteiger charge is 2.29. The van der Waals surface area contributed by atoms with E-state index in [1.165, 1.54) is 0 Å². The third-order valence-electron chi connectivity index (χ3n) is 1.59. The zero-order chi connectivity index (χ0) is 10.9. The Morgan fingerprint density at radius 1 is 1.07 bits per heavy atom. The molecule has 0 aliphatic carbocycles. The van der Waals surface area contributed by atoms with Crippen molar-refractivity contribution in [1.82, 2.24) is 0 Å². The van der Waals surface area contributed by atoms with Crippen LogP contribution >= 0.6 is 0 Å². The summed E-state index contributed by atoms with van der Waals surface area (Å²) in [5.41, 5.74) is 0. The lowest BCUT2D eigenvalue weighted by Gasteiger charge is -2.12. The molecule has 0 aliphatic rings. The number of rotatable bonds is 9. The molecule has 2 nitrogen and oxygen atoms in total. The van der Waals surface area contributed by atoms with Crippen molar-refractivity contribution in [3.05, 3.63) is 0 Å². The minimum Gasteiger partial charge on any atom is -0.379 e. The van der Waals surface area contributed by atoms with Crippen LogP contribution in [0, 0.1) is 0 Å². The second-order valence-electron chi connectivity index (χ2n) is 2.94. The number of hydrogen-bond acceptors (Lipinski definition) is 2. The van der Waals surface area contributed by atoms with Gasteiger partial charge in [-0.05, 0) is 6.42 Å². The van der Waals surface area contributed by atoms with E-state index in [9.17, 15) is 13.2 Å². The molecule has 0 heterocycles. The molecular weight excluding hydrogens is 197 g/mol. The van der Waals surface area contributed by atoms with E-state index < -0.39 is 12.8 Å². The molecule has 0 N–H and O–H groups in total. The first-order chi connectivity index (χ1) is 6.62. The summed E-state index contributed by atoms with van der Waals surface area (Å²) in [4.78, 5) is 0. The molecule has 0 fully saturated rings. The molecule has 14 heavy (non-hydrogen) atoms. The molecular formula is C9H17F3O2. The van der Waals surface area contributed by atoms with Gasteiger partial charge >= 0.3 is 6.11 Å². The van der Waals surface area contributed by atoms with Crippen molar-refractivity contribution in [3.63, 3.8) is 0 Å². The molecule has 0 radical (unpaired) electrons. The van der Waals surface area contributed by atoms with E-state index in [-0.39, 0.29) is 13.2 Å². The Kier molecular flexibility index (Phi) is 7.89. The molecule has 0 saturated heterocycles. The second-order valence-corrected chi connectivity index (χ2v) is 2.94. The van der Waals surface area contributed by atoms with Crippen LogP contribution in [0.25, 0.3) is 0 Å². The van der Waals surface area contributed by atoms with Crippen LogP contribution in [-0.4, -0.2) is 32.6 Å². The number of ether oxygens (including phenoxy) is 2.